The Hall–Kier alpha value is -0.700. The Morgan fingerprint density at radius 2 is 2.23 bits per heavy atom. The van der Waals surface area contributed by atoms with Gasteiger partial charge in [-0.1, -0.05) is 0 Å². The van der Waals surface area contributed by atoms with E-state index in [0.717, 1.165) is 5.75 Å². The van der Waals surface area contributed by atoms with Gasteiger partial charge >= 0.3 is 0 Å². The predicted octanol–water partition coefficient (Wildman–Crippen LogP) is 2.65. The quantitative estimate of drug-likeness (QED) is 0.692. The summed E-state index contributed by atoms with van der Waals surface area (Å²) in [6.45, 7) is 2.09. The van der Waals surface area contributed by atoms with E-state index in [9.17, 15) is 0 Å². The molecule has 1 aliphatic carbocycles. The van der Waals surface area contributed by atoms with Crippen molar-refractivity contribution in [1.82, 2.24) is 4.98 Å². The summed E-state index contributed by atoms with van der Waals surface area (Å²) >= 11 is 1.71. The van der Waals surface area contributed by atoms with Gasteiger partial charge in [0.15, 0.2) is 0 Å². The Morgan fingerprint density at radius 1 is 1.46 bits per heavy atom. The minimum absolute atomic E-state index is 0.456. The number of hydrogen-bond acceptors (Lipinski definition) is 3. The lowest BCUT2D eigenvalue weighted by Crippen LogP contribution is -1.99. The van der Waals surface area contributed by atoms with E-state index < -0.39 is 0 Å². The molecule has 0 spiro atoms. The molecule has 0 saturated heterocycles. The van der Waals surface area contributed by atoms with Crippen molar-refractivity contribution < 1.29 is 4.74 Å². The third-order valence-corrected chi connectivity index (χ3v) is 3.01. The summed E-state index contributed by atoms with van der Waals surface area (Å²) in [7, 11) is 0. The summed E-state index contributed by atoms with van der Waals surface area (Å²) < 4.78 is 5.72. The summed E-state index contributed by atoms with van der Waals surface area (Å²) in [6.07, 6.45) is 8.61. The van der Waals surface area contributed by atoms with E-state index in [2.05, 4.69) is 18.2 Å². The zero-order chi connectivity index (χ0) is 9.26. The lowest BCUT2D eigenvalue weighted by Gasteiger charge is -2.09. The van der Waals surface area contributed by atoms with Crippen LogP contribution in [0.1, 0.15) is 18.4 Å². The van der Waals surface area contributed by atoms with Gasteiger partial charge < -0.3 is 4.74 Å². The SMILES string of the molecule is CSc1cncc(OC2CC2)c1C. The fourth-order valence-electron chi connectivity index (χ4n) is 1.18. The number of hydrogen-bond donors (Lipinski definition) is 0. The molecular weight excluding hydrogens is 182 g/mol. The Kier molecular flexibility index (Phi) is 2.44. The van der Waals surface area contributed by atoms with Crippen molar-refractivity contribution in [2.45, 2.75) is 30.8 Å². The molecule has 0 radical (unpaired) electrons. The molecule has 0 aromatic carbocycles. The van der Waals surface area contributed by atoms with E-state index in [1.165, 1.54) is 23.3 Å². The molecule has 1 saturated carbocycles. The summed E-state index contributed by atoms with van der Waals surface area (Å²) in [4.78, 5) is 5.36. The second-order valence-corrected chi connectivity index (χ2v) is 4.13. The van der Waals surface area contributed by atoms with Crippen molar-refractivity contribution >= 4 is 11.8 Å². The molecule has 2 rings (SSSR count). The Balaban J connectivity index is 2.22. The molecule has 1 fully saturated rings. The van der Waals surface area contributed by atoms with Gasteiger partial charge in [0.1, 0.15) is 5.75 Å². The molecule has 3 heteroatoms. The van der Waals surface area contributed by atoms with Crippen LogP contribution in [-0.4, -0.2) is 17.3 Å². The number of ether oxygens (including phenoxy) is 1. The summed E-state index contributed by atoms with van der Waals surface area (Å²) in [5, 5.41) is 0. The average molecular weight is 195 g/mol. The van der Waals surface area contributed by atoms with E-state index in [-0.39, 0.29) is 0 Å². The topological polar surface area (TPSA) is 22.1 Å². The van der Waals surface area contributed by atoms with E-state index in [1.54, 1.807) is 11.8 Å². The van der Waals surface area contributed by atoms with Crippen LogP contribution in [0.4, 0.5) is 0 Å². The Morgan fingerprint density at radius 3 is 2.85 bits per heavy atom. The first kappa shape index (κ1) is 8.88. The van der Waals surface area contributed by atoms with E-state index >= 15 is 0 Å². The van der Waals surface area contributed by atoms with Crippen molar-refractivity contribution in [3.63, 3.8) is 0 Å². The number of thioether (sulfide) groups is 1. The molecule has 0 bridgehead atoms. The zero-order valence-electron chi connectivity index (χ0n) is 7.91. The molecular formula is C10H13NOS. The van der Waals surface area contributed by atoms with Crippen molar-refractivity contribution in [1.29, 1.82) is 0 Å². The van der Waals surface area contributed by atoms with Crippen LogP contribution in [0.25, 0.3) is 0 Å². The largest absolute Gasteiger partial charge is 0.488 e. The van der Waals surface area contributed by atoms with Crippen LogP contribution >= 0.6 is 11.8 Å². The van der Waals surface area contributed by atoms with Gasteiger partial charge in [0, 0.05) is 16.7 Å². The highest BCUT2D eigenvalue weighted by atomic mass is 32.2. The molecule has 13 heavy (non-hydrogen) atoms. The van der Waals surface area contributed by atoms with Crippen LogP contribution < -0.4 is 4.74 Å². The molecule has 1 heterocycles. The van der Waals surface area contributed by atoms with E-state index in [4.69, 9.17) is 4.74 Å². The number of nitrogens with zero attached hydrogens (tertiary/aromatic N) is 1. The summed E-state index contributed by atoms with van der Waals surface area (Å²) in [5.41, 5.74) is 1.22. The molecule has 70 valence electrons. The number of aromatic nitrogens is 1. The third-order valence-electron chi connectivity index (χ3n) is 2.16. The van der Waals surface area contributed by atoms with E-state index in [1.807, 2.05) is 12.4 Å². The molecule has 0 N–H and O–H groups in total. The summed E-state index contributed by atoms with van der Waals surface area (Å²) in [6, 6.07) is 0. The summed E-state index contributed by atoms with van der Waals surface area (Å²) in [5.74, 6) is 0.953. The maximum atomic E-state index is 5.72. The van der Waals surface area contributed by atoms with Crippen molar-refractivity contribution in [3.8, 4) is 5.75 Å². The number of pyridine rings is 1. The van der Waals surface area contributed by atoms with Crippen molar-refractivity contribution in [2.75, 3.05) is 6.26 Å². The Labute approximate surface area is 82.7 Å². The Bertz CT molecular complexity index is 310. The fraction of sp³-hybridized carbons (Fsp3) is 0.500. The van der Waals surface area contributed by atoms with Gasteiger partial charge in [0.05, 0.1) is 12.3 Å². The molecule has 0 aliphatic heterocycles. The normalized spacial score (nSPS) is 15.8. The number of rotatable bonds is 3. The first-order valence-electron chi connectivity index (χ1n) is 4.46. The van der Waals surface area contributed by atoms with Crippen LogP contribution in [0.3, 0.4) is 0 Å². The van der Waals surface area contributed by atoms with Crippen LogP contribution in [0.2, 0.25) is 0 Å². The van der Waals surface area contributed by atoms with Crippen molar-refractivity contribution in [2.24, 2.45) is 0 Å². The highest BCUT2D eigenvalue weighted by Gasteiger charge is 2.24. The standard InChI is InChI=1S/C10H13NOS/c1-7-9(12-8-3-4-8)5-11-6-10(7)13-2/h5-6,8H,3-4H2,1-2H3. The van der Waals surface area contributed by atoms with Gasteiger partial charge in [-0.3, -0.25) is 4.98 Å². The van der Waals surface area contributed by atoms with Gasteiger partial charge in [-0.15, -0.1) is 11.8 Å². The van der Waals surface area contributed by atoms with Gasteiger partial charge in [-0.05, 0) is 26.0 Å². The molecule has 2 nitrogen and oxygen atoms in total. The van der Waals surface area contributed by atoms with Gasteiger partial charge in [-0.25, -0.2) is 0 Å². The van der Waals surface area contributed by atoms with E-state index in [0.29, 0.717) is 6.10 Å². The molecule has 1 aromatic heterocycles. The monoisotopic (exact) mass is 195 g/mol. The maximum Gasteiger partial charge on any atom is 0.142 e. The molecule has 0 atom stereocenters. The lowest BCUT2D eigenvalue weighted by molar-refractivity contribution is 0.299. The maximum absolute atomic E-state index is 5.72. The van der Waals surface area contributed by atoms with Crippen LogP contribution in [0.15, 0.2) is 17.3 Å². The van der Waals surface area contributed by atoms with Crippen LogP contribution in [0, 0.1) is 6.92 Å². The first-order chi connectivity index (χ1) is 6.31. The second kappa shape index (κ2) is 3.58. The minimum Gasteiger partial charge on any atom is -0.488 e. The van der Waals surface area contributed by atoms with Crippen LogP contribution in [0.5, 0.6) is 5.75 Å². The van der Waals surface area contributed by atoms with Crippen LogP contribution in [-0.2, 0) is 0 Å². The molecule has 1 aliphatic rings. The van der Waals surface area contributed by atoms with Gasteiger partial charge in [-0.2, -0.15) is 0 Å². The van der Waals surface area contributed by atoms with Gasteiger partial charge in [0.2, 0.25) is 0 Å². The highest BCUT2D eigenvalue weighted by Crippen LogP contribution is 2.31. The fourth-order valence-corrected chi connectivity index (χ4v) is 1.75. The molecule has 0 amide bonds. The average Bonchev–Trinajstić information content (AvgIpc) is 2.92. The highest BCUT2D eigenvalue weighted by molar-refractivity contribution is 7.98. The minimum atomic E-state index is 0.456. The zero-order valence-corrected chi connectivity index (χ0v) is 8.73. The van der Waals surface area contributed by atoms with Gasteiger partial charge in [0.25, 0.3) is 0 Å². The third kappa shape index (κ3) is 1.97. The molecule has 0 unspecified atom stereocenters. The lowest BCUT2D eigenvalue weighted by atomic mass is 10.3. The van der Waals surface area contributed by atoms with Crippen molar-refractivity contribution in [3.05, 3.63) is 18.0 Å². The smallest absolute Gasteiger partial charge is 0.142 e. The second-order valence-electron chi connectivity index (χ2n) is 3.28. The molecule has 1 aromatic rings. The predicted molar refractivity (Wildman–Crippen MR) is 54.4 cm³/mol. The first-order valence-corrected chi connectivity index (χ1v) is 5.69.